The zero-order chi connectivity index (χ0) is 35.2. The topological polar surface area (TPSA) is 281 Å². The van der Waals surface area contributed by atoms with E-state index in [0.29, 0.717) is 16.7 Å². The third-order valence-corrected chi connectivity index (χ3v) is 12.1. The number of hydrogen-bond donors (Lipinski definition) is 6. The molecule has 0 saturated carbocycles. The molecule has 4 aromatic rings. The van der Waals surface area contributed by atoms with Crippen molar-refractivity contribution < 1.29 is 62.3 Å². The second-order valence-electron chi connectivity index (χ2n) is 11.2. The largest absolute Gasteiger partial charge is 0.507 e. The van der Waals surface area contributed by atoms with E-state index in [2.05, 4.69) is 19.9 Å². The number of carbonyl (C=O) groups excluding carboxylic acids is 1. The number of carbonyl (C=O) groups is 1. The van der Waals surface area contributed by atoms with Crippen LogP contribution in [0.2, 0.25) is 0 Å². The van der Waals surface area contributed by atoms with Crippen molar-refractivity contribution in [2.75, 3.05) is 32.0 Å². The van der Waals surface area contributed by atoms with E-state index in [0.717, 1.165) is 0 Å². The average molecular weight is 723 g/mol. The summed E-state index contributed by atoms with van der Waals surface area (Å²) in [4.78, 5) is 49.7. The predicted octanol–water partition coefficient (Wildman–Crippen LogP) is 1.39. The standard InChI is InChI=1S/C28H32N6O13P2/c1-13-16-9-44-28(38)18(16)20(35)15(23(13)43-2)5-8-45-48(39,40)12-49(41,42)46-10-17-21(36)22(37)27(47-17)34-11-31-19-24(29)32-25(33-26(19)34)14-3-6-30-7-4-14/h3-4,6-7,11,17,21-22,27,35-37H,5,8-10,12H2,1-2H3,(H,39,40)(H,41,42)(H2,29,32,33)/t17-,21-,22-,27-/m1/s1. The fourth-order valence-corrected chi connectivity index (χ4v) is 8.93. The van der Waals surface area contributed by atoms with Gasteiger partial charge in [-0.25, -0.2) is 19.7 Å². The number of phenolic OH excluding ortho intramolecular Hbond substituents is 1. The fourth-order valence-electron chi connectivity index (χ4n) is 5.71. The SMILES string of the molecule is COc1c(C)c2c(c(O)c1CCOP(=O)(O)CP(=O)(O)OC[C@H]1O[C@@H](n3cnc4c(N)nc(-c5ccncc5)nc43)[C@H](O)[C@@H]1O)C(=O)OC2. The van der Waals surface area contributed by atoms with Crippen LogP contribution in [-0.2, 0) is 40.7 Å². The highest BCUT2D eigenvalue weighted by molar-refractivity contribution is 7.70. The number of aliphatic hydroxyl groups is 2. The third kappa shape index (κ3) is 6.77. The van der Waals surface area contributed by atoms with E-state index in [1.165, 1.54) is 18.0 Å². The average Bonchev–Trinajstić information content (AvgIpc) is 3.74. The first kappa shape index (κ1) is 34.8. The van der Waals surface area contributed by atoms with Crippen molar-refractivity contribution in [3.63, 3.8) is 0 Å². The second-order valence-corrected chi connectivity index (χ2v) is 15.4. The van der Waals surface area contributed by atoms with E-state index in [1.807, 2.05) is 0 Å². The molecule has 1 saturated heterocycles. The Balaban J connectivity index is 1.09. The van der Waals surface area contributed by atoms with E-state index >= 15 is 0 Å². The van der Waals surface area contributed by atoms with Gasteiger partial charge in [0.1, 0.15) is 47.5 Å². The van der Waals surface area contributed by atoms with Crippen LogP contribution < -0.4 is 10.5 Å². The Kier molecular flexibility index (Phi) is 9.49. The number of nitrogens with zero attached hydrogens (tertiary/aromatic N) is 5. The summed E-state index contributed by atoms with van der Waals surface area (Å²) in [6, 6.07) is 3.33. The number of pyridine rings is 1. The van der Waals surface area contributed by atoms with Crippen LogP contribution in [0, 0.1) is 6.92 Å². The van der Waals surface area contributed by atoms with Crippen LogP contribution in [0.4, 0.5) is 5.82 Å². The number of nitrogen functional groups attached to an aromatic ring is 1. The summed E-state index contributed by atoms with van der Waals surface area (Å²) in [5.41, 5.74) is 8.13. The number of anilines is 1. The molecule has 2 aliphatic heterocycles. The van der Waals surface area contributed by atoms with Gasteiger partial charge in [0.15, 0.2) is 29.4 Å². The Hall–Kier alpha value is -4.03. The van der Waals surface area contributed by atoms with Gasteiger partial charge in [0.25, 0.3) is 0 Å². The van der Waals surface area contributed by atoms with Crippen molar-refractivity contribution in [2.45, 2.75) is 44.5 Å². The molecule has 3 aromatic heterocycles. The molecule has 0 amide bonds. The molecule has 49 heavy (non-hydrogen) atoms. The molecule has 262 valence electrons. The van der Waals surface area contributed by atoms with Gasteiger partial charge in [-0.05, 0) is 24.6 Å². The molecule has 0 spiro atoms. The van der Waals surface area contributed by atoms with Gasteiger partial charge in [-0.3, -0.25) is 18.7 Å². The lowest BCUT2D eigenvalue weighted by Crippen LogP contribution is -2.33. The predicted molar refractivity (Wildman–Crippen MR) is 168 cm³/mol. The van der Waals surface area contributed by atoms with E-state index in [-0.39, 0.29) is 52.7 Å². The summed E-state index contributed by atoms with van der Waals surface area (Å²) in [6.45, 7) is 0.343. The van der Waals surface area contributed by atoms with E-state index in [4.69, 9.17) is 29.0 Å². The number of aromatic hydroxyl groups is 1. The highest BCUT2D eigenvalue weighted by atomic mass is 31.2. The second kappa shape index (κ2) is 13.4. The zero-order valence-corrected chi connectivity index (χ0v) is 27.7. The van der Waals surface area contributed by atoms with Crippen LogP contribution in [0.5, 0.6) is 11.5 Å². The van der Waals surface area contributed by atoms with Gasteiger partial charge < -0.3 is 54.1 Å². The van der Waals surface area contributed by atoms with E-state index in [9.17, 15) is 39.0 Å². The number of esters is 1. The molecule has 2 aliphatic rings. The van der Waals surface area contributed by atoms with Gasteiger partial charge in [-0.1, -0.05) is 0 Å². The van der Waals surface area contributed by atoms with Gasteiger partial charge in [-0.15, -0.1) is 0 Å². The van der Waals surface area contributed by atoms with E-state index in [1.54, 1.807) is 31.5 Å². The van der Waals surface area contributed by atoms with Crippen molar-refractivity contribution in [3.05, 3.63) is 53.1 Å². The summed E-state index contributed by atoms with van der Waals surface area (Å²) in [5, 5.41) is 32.2. The first-order valence-electron chi connectivity index (χ1n) is 14.6. The lowest BCUT2D eigenvalue weighted by molar-refractivity contribution is -0.0483. The van der Waals surface area contributed by atoms with Crippen LogP contribution >= 0.6 is 15.2 Å². The number of ether oxygens (including phenoxy) is 3. The van der Waals surface area contributed by atoms with Crippen LogP contribution in [0.3, 0.4) is 0 Å². The Labute approximate surface area is 277 Å². The Morgan fingerprint density at radius 2 is 1.82 bits per heavy atom. The minimum atomic E-state index is -4.85. The van der Waals surface area contributed by atoms with Crippen molar-refractivity contribution in [3.8, 4) is 22.9 Å². The number of aromatic nitrogens is 5. The minimum absolute atomic E-state index is 0.0363. The molecule has 7 N–H and O–H groups in total. The number of benzene rings is 1. The normalized spacial score (nSPS) is 22.9. The van der Waals surface area contributed by atoms with Crippen LogP contribution in [0.1, 0.15) is 33.3 Å². The van der Waals surface area contributed by atoms with Crippen LogP contribution in [0.15, 0.2) is 30.9 Å². The first-order chi connectivity index (χ1) is 23.2. The van der Waals surface area contributed by atoms with E-state index < -0.39 is 70.6 Å². The number of fused-ring (bicyclic) bond motifs is 2. The van der Waals surface area contributed by atoms with Crippen molar-refractivity contribution in [1.82, 2.24) is 24.5 Å². The number of phenols is 1. The maximum atomic E-state index is 12.8. The molecule has 6 atom stereocenters. The van der Waals surface area contributed by atoms with Crippen molar-refractivity contribution in [1.29, 1.82) is 0 Å². The molecule has 1 fully saturated rings. The maximum Gasteiger partial charge on any atom is 0.342 e. The van der Waals surface area contributed by atoms with Crippen LogP contribution in [0.25, 0.3) is 22.6 Å². The molecule has 0 bridgehead atoms. The molecule has 0 radical (unpaired) electrons. The monoisotopic (exact) mass is 722 g/mol. The maximum absolute atomic E-state index is 12.8. The lowest BCUT2D eigenvalue weighted by atomic mass is 9.95. The summed E-state index contributed by atoms with van der Waals surface area (Å²) < 4.78 is 53.1. The van der Waals surface area contributed by atoms with Crippen molar-refractivity contribution in [2.24, 2.45) is 0 Å². The highest BCUT2D eigenvalue weighted by Crippen LogP contribution is 2.58. The first-order valence-corrected chi connectivity index (χ1v) is 18.2. The Morgan fingerprint density at radius 1 is 1.10 bits per heavy atom. The summed E-state index contributed by atoms with van der Waals surface area (Å²) in [7, 11) is -8.28. The van der Waals surface area contributed by atoms with Gasteiger partial charge in [-0.2, -0.15) is 0 Å². The third-order valence-electron chi connectivity index (χ3n) is 8.09. The number of aliphatic hydroxyl groups excluding tert-OH is 2. The van der Waals surface area contributed by atoms with Gasteiger partial charge in [0, 0.05) is 35.5 Å². The molecule has 2 unspecified atom stereocenters. The fraction of sp³-hybridized carbons (Fsp3) is 0.393. The number of imidazole rings is 1. The quantitative estimate of drug-likeness (QED) is 0.0890. The summed E-state index contributed by atoms with van der Waals surface area (Å²) >= 11 is 0. The molecular weight excluding hydrogens is 690 g/mol. The molecular formula is C28H32N6O13P2. The molecule has 21 heteroatoms. The molecule has 0 aliphatic carbocycles. The molecule has 5 heterocycles. The van der Waals surface area contributed by atoms with Gasteiger partial charge in [0.2, 0.25) is 0 Å². The number of methoxy groups -OCH3 is 1. The number of rotatable bonds is 12. The molecule has 19 nitrogen and oxygen atoms in total. The number of cyclic esters (lactones) is 1. The Morgan fingerprint density at radius 3 is 2.53 bits per heavy atom. The van der Waals surface area contributed by atoms with Gasteiger partial charge in [0.05, 0.1) is 26.7 Å². The lowest BCUT2D eigenvalue weighted by Gasteiger charge is -2.20. The smallest absolute Gasteiger partial charge is 0.342 e. The van der Waals surface area contributed by atoms with Gasteiger partial charge >= 0.3 is 21.2 Å². The zero-order valence-electron chi connectivity index (χ0n) is 25.9. The molecule has 6 rings (SSSR count). The number of nitrogens with two attached hydrogens (primary N) is 1. The van der Waals surface area contributed by atoms with Crippen LogP contribution in [-0.4, -0.2) is 100 Å². The highest BCUT2D eigenvalue weighted by Gasteiger charge is 2.46. The number of hydrogen-bond acceptors (Lipinski definition) is 16. The minimum Gasteiger partial charge on any atom is -0.507 e. The van der Waals surface area contributed by atoms with Crippen molar-refractivity contribution >= 4 is 38.1 Å². The molecule has 1 aromatic carbocycles. The summed E-state index contributed by atoms with van der Waals surface area (Å²) in [5.74, 6) is -1.96. The Bertz CT molecular complexity index is 2010. The summed E-state index contributed by atoms with van der Waals surface area (Å²) in [6.07, 6.45) is -1.67.